The lowest BCUT2D eigenvalue weighted by molar-refractivity contribution is -0.138. The summed E-state index contributed by atoms with van der Waals surface area (Å²) in [5.74, 6) is 0.354. The van der Waals surface area contributed by atoms with E-state index in [2.05, 4.69) is 0 Å². The molecule has 5 nitrogen and oxygen atoms in total. The van der Waals surface area contributed by atoms with Gasteiger partial charge in [-0.25, -0.2) is 0 Å². The van der Waals surface area contributed by atoms with E-state index in [0.717, 1.165) is 22.4 Å². The highest BCUT2D eigenvalue weighted by molar-refractivity contribution is 5.80. The Morgan fingerprint density at radius 1 is 1.42 bits per heavy atom. The van der Waals surface area contributed by atoms with E-state index in [4.69, 9.17) is 10.5 Å². The second-order valence-electron chi connectivity index (χ2n) is 4.69. The highest BCUT2D eigenvalue weighted by Gasteiger charge is 2.19. The fourth-order valence-electron chi connectivity index (χ4n) is 1.85. The molecule has 1 rings (SSSR count). The minimum atomic E-state index is -1.15. The van der Waals surface area contributed by atoms with Crippen LogP contribution in [0.15, 0.2) is 12.1 Å². The summed E-state index contributed by atoms with van der Waals surface area (Å²) in [4.78, 5) is 13.2. The molecule has 0 radical (unpaired) electrons. The van der Waals surface area contributed by atoms with E-state index >= 15 is 0 Å². The maximum atomic E-state index is 11.8. The first-order valence-corrected chi connectivity index (χ1v) is 6.18. The largest absolute Gasteiger partial charge is 0.496 e. The van der Waals surface area contributed by atoms with Crippen LogP contribution in [-0.2, 0) is 11.3 Å². The molecule has 0 heterocycles. The van der Waals surface area contributed by atoms with Crippen molar-refractivity contribution in [3.63, 3.8) is 0 Å². The van der Waals surface area contributed by atoms with Gasteiger partial charge in [-0.2, -0.15) is 0 Å². The average Bonchev–Trinajstić information content (AvgIpc) is 2.40. The number of aryl methyl sites for hydroxylation is 2. The number of hydrogen-bond donors (Lipinski definition) is 2. The summed E-state index contributed by atoms with van der Waals surface area (Å²) in [5.41, 5.74) is 8.46. The van der Waals surface area contributed by atoms with Crippen molar-refractivity contribution in [3.05, 3.63) is 28.8 Å². The van der Waals surface area contributed by atoms with Crippen molar-refractivity contribution in [3.8, 4) is 5.75 Å². The topological polar surface area (TPSA) is 75.8 Å². The lowest BCUT2D eigenvalue weighted by Gasteiger charge is -2.21. The highest BCUT2D eigenvalue weighted by Crippen LogP contribution is 2.24. The molecule has 0 aliphatic rings. The number of carbonyl (C=O) groups excluding carboxylic acids is 1. The SMILES string of the molecule is COc1cc(C)c(C)cc1CN(C)C(=O)C(O)CN. The number of amides is 1. The van der Waals surface area contributed by atoms with Crippen molar-refractivity contribution >= 4 is 5.91 Å². The Morgan fingerprint density at radius 2 is 2.00 bits per heavy atom. The fraction of sp³-hybridized carbons (Fsp3) is 0.500. The third-order valence-electron chi connectivity index (χ3n) is 3.19. The molecule has 0 saturated heterocycles. The van der Waals surface area contributed by atoms with Gasteiger partial charge in [-0.15, -0.1) is 0 Å². The van der Waals surface area contributed by atoms with Crippen molar-refractivity contribution in [2.75, 3.05) is 20.7 Å². The molecule has 1 amide bonds. The van der Waals surface area contributed by atoms with Gasteiger partial charge in [0, 0.05) is 25.7 Å². The quantitative estimate of drug-likeness (QED) is 0.818. The van der Waals surface area contributed by atoms with Crippen LogP contribution >= 0.6 is 0 Å². The summed E-state index contributed by atoms with van der Waals surface area (Å²) >= 11 is 0. The van der Waals surface area contributed by atoms with Gasteiger partial charge in [0.2, 0.25) is 0 Å². The van der Waals surface area contributed by atoms with Crippen molar-refractivity contribution < 1.29 is 14.6 Å². The maximum Gasteiger partial charge on any atom is 0.252 e. The average molecular weight is 266 g/mol. The standard InChI is InChI=1S/C14H22N2O3/c1-9-5-11(13(19-4)6-10(9)2)8-16(3)14(18)12(17)7-15/h5-6,12,17H,7-8,15H2,1-4H3. The number of nitrogens with two attached hydrogens (primary N) is 1. The van der Waals surface area contributed by atoms with Crippen LogP contribution in [0.3, 0.4) is 0 Å². The van der Waals surface area contributed by atoms with E-state index in [1.807, 2.05) is 26.0 Å². The predicted molar refractivity (Wildman–Crippen MR) is 74.0 cm³/mol. The summed E-state index contributed by atoms with van der Waals surface area (Å²) < 4.78 is 5.32. The normalized spacial score (nSPS) is 12.1. The lowest BCUT2D eigenvalue weighted by atomic mass is 10.0. The van der Waals surface area contributed by atoms with Gasteiger partial charge in [-0.3, -0.25) is 4.79 Å². The number of rotatable bonds is 5. The molecule has 1 unspecified atom stereocenters. The smallest absolute Gasteiger partial charge is 0.252 e. The Kier molecular flexibility index (Phi) is 5.32. The summed E-state index contributed by atoms with van der Waals surface area (Å²) in [7, 11) is 3.24. The molecule has 1 aromatic rings. The maximum absolute atomic E-state index is 11.8. The fourth-order valence-corrected chi connectivity index (χ4v) is 1.85. The van der Waals surface area contributed by atoms with Gasteiger partial charge in [0.15, 0.2) is 0 Å². The van der Waals surface area contributed by atoms with Gasteiger partial charge in [-0.1, -0.05) is 6.07 Å². The Hall–Kier alpha value is -1.59. The Morgan fingerprint density at radius 3 is 2.53 bits per heavy atom. The summed E-state index contributed by atoms with van der Waals surface area (Å²) in [6.45, 7) is 4.32. The first-order chi connectivity index (χ1) is 8.90. The van der Waals surface area contributed by atoms with Crippen molar-refractivity contribution in [2.45, 2.75) is 26.5 Å². The molecular formula is C14H22N2O3. The van der Waals surface area contributed by atoms with Gasteiger partial charge >= 0.3 is 0 Å². The van der Waals surface area contributed by atoms with Crippen LogP contribution in [0, 0.1) is 13.8 Å². The number of carbonyl (C=O) groups is 1. The predicted octanol–water partition coefficient (Wildman–Crippen LogP) is 0.590. The van der Waals surface area contributed by atoms with Crippen LogP contribution in [0.5, 0.6) is 5.75 Å². The molecule has 1 atom stereocenters. The van der Waals surface area contributed by atoms with Crippen LogP contribution in [-0.4, -0.2) is 42.7 Å². The number of likely N-dealkylation sites (N-methyl/N-ethyl adjacent to an activating group) is 1. The number of hydrogen-bond acceptors (Lipinski definition) is 4. The van der Waals surface area contributed by atoms with Crippen LogP contribution < -0.4 is 10.5 Å². The van der Waals surface area contributed by atoms with Crippen molar-refractivity contribution in [1.82, 2.24) is 4.90 Å². The number of aliphatic hydroxyl groups excluding tert-OH is 1. The van der Waals surface area contributed by atoms with Gasteiger partial charge < -0.3 is 20.5 Å². The number of nitrogens with zero attached hydrogens (tertiary/aromatic N) is 1. The molecule has 0 fully saturated rings. The zero-order chi connectivity index (χ0) is 14.6. The second-order valence-corrected chi connectivity index (χ2v) is 4.69. The first kappa shape index (κ1) is 15.5. The molecule has 0 aromatic heterocycles. The third kappa shape index (κ3) is 3.68. The summed E-state index contributed by atoms with van der Waals surface area (Å²) in [6.07, 6.45) is -1.15. The summed E-state index contributed by atoms with van der Waals surface area (Å²) in [6, 6.07) is 3.94. The molecule has 3 N–H and O–H groups in total. The molecule has 5 heteroatoms. The molecule has 0 bridgehead atoms. The number of aliphatic hydroxyl groups is 1. The molecule has 106 valence electrons. The summed E-state index contributed by atoms with van der Waals surface area (Å²) in [5, 5.41) is 9.45. The van der Waals surface area contributed by atoms with Gasteiger partial charge in [0.1, 0.15) is 11.9 Å². The van der Waals surface area contributed by atoms with E-state index in [-0.39, 0.29) is 12.5 Å². The van der Waals surface area contributed by atoms with Crippen LogP contribution in [0.4, 0.5) is 0 Å². The van der Waals surface area contributed by atoms with Gasteiger partial charge in [0.05, 0.1) is 7.11 Å². The van der Waals surface area contributed by atoms with E-state index in [0.29, 0.717) is 6.54 Å². The second kappa shape index (κ2) is 6.54. The minimum Gasteiger partial charge on any atom is -0.496 e. The molecule has 0 aliphatic carbocycles. The Bertz CT molecular complexity index is 460. The third-order valence-corrected chi connectivity index (χ3v) is 3.19. The van der Waals surface area contributed by atoms with E-state index in [1.54, 1.807) is 14.2 Å². The number of methoxy groups -OCH3 is 1. The molecular weight excluding hydrogens is 244 g/mol. The highest BCUT2D eigenvalue weighted by atomic mass is 16.5. The number of benzene rings is 1. The van der Waals surface area contributed by atoms with E-state index < -0.39 is 6.10 Å². The molecule has 19 heavy (non-hydrogen) atoms. The molecule has 0 aliphatic heterocycles. The first-order valence-electron chi connectivity index (χ1n) is 6.18. The zero-order valence-electron chi connectivity index (χ0n) is 11.9. The van der Waals surface area contributed by atoms with E-state index in [1.165, 1.54) is 4.90 Å². The number of ether oxygens (including phenoxy) is 1. The molecule has 0 spiro atoms. The Labute approximate surface area is 114 Å². The monoisotopic (exact) mass is 266 g/mol. The van der Waals surface area contributed by atoms with E-state index in [9.17, 15) is 9.90 Å². The van der Waals surface area contributed by atoms with Gasteiger partial charge in [0.25, 0.3) is 5.91 Å². The van der Waals surface area contributed by atoms with Crippen molar-refractivity contribution in [1.29, 1.82) is 0 Å². The minimum absolute atomic E-state index is 0.0762. The van der Waals surface area contributed by atoms with Crippen LogP contribution in [0.2, 0.25) is 0 Å². The van der Waals surface area contributed by atoms with Crippen LogP contribution in [0.1, 0.15) is 16.7 Å². The molecule has 0 saturated carbocycles. The van der Waals surface area contributed by atoms with Crippen LogP contribution in [0.25, 0.3) is 0 Å². The molecule has 1 aromatic carbocycles. The lowest BCUT2D eigenvalue weighted by Crippen LogP contribution is -2.40. The van der Waals surface area contributed by atoms with Gasteiger partial charge in [-0.05, 0) is 31.0 Å². The zero-order valence-corrected chi connectivity index (χ0v) is 11.9. The van der Waals surface area contributed by atoms with Crippen molar-refractivity contribution in [2.24, 2.45) is 5.73 Å². The Balaban J connectivity index is 2.93.